The number of ether oxygens (including phenoxy) is 2. The molecule has 4 rings (SSSR count). The second-order valence-corrected chi connectivity index (χ2v) is 9.85. The van der Waals surface area contributed by atoms with Gasteiger partial charge in [0.2, 0.25) is 6.79 Å². The molecule has 9 heteroatoms. The van der Waals surface area contributed by atoms with Gasteiger partial charge in [-0.1, -0.05) is 54.1 Å². The molecule has 2 aromatic carbocycles. The van der Waals surface area contributed by atoms with Gasteiger partial charge in [0.15, 0.2) is 0 Å². The van der Waals surface area contributed by atoms with Crippen molar-refractivity contribution in [2.75, 3.05) is 12.1 Å². The summed E-state index contributed by atoms with van der Waals surface area (Å²) in [5.41, 5.74) is 1.09. The monoisotopic (exact) mass is 514 g/mol. The third-order valence-electron chi connectivity index (χ3n) is 5.90. The first-order valence-corrected chi connectivity index (χ1v) is 12.3. The van der Waals surface area contributed by atoms with E-state index in [1.165, 1.54) is 4.68 Å². The largest absolute Gasteiger partial charge is 0.427 e. The number of esters is 2. The summed E-state index contributed by atoms with van der Waals surface area (Å²) < 4.78 is 11.8. The zero-order valence-corrected chi connectivity index (χ0v) is 22.1. The molecule has 0 bridgehead atoms. The maximum absolute atomic E-state index is 13.5. The van der Waals surface area contributed by atoms with Crippen molar-refractivity contribution < 1.29 is 19.1 Å². The number of carbonyl (C=O) groups is 2. The van der Waals surface area contributed by atoms with Gasteiger partial charge in [-0.3, -0.25) is 14.6 Å². The molecule has 2 heterocycles. The summed E-state index contributed by atoms with van der Waals surface area (Å²) in [6, 6.07) is 15.0. The van der Waals surface area contributed by atoms with E-state index in [-0.39, 0.29) is 23.5 Å². The number of anilines is 2. The van der Waals surface area contributed by atoms with Crippen molar-refractivity contribution in [3.8, 4) is 11.3 Å². The van der Waals surface area contributed by atoms with Gasteiger partial charge in [0.25, 0.3) is 5.56 Å². The molecule has 0 saturated carbocycles. The number of rotatable bonds is 7. The van der Waals surface area contributed by atoms with Crippen molar-refractivity contribution >= 4 is 34.1 Å². The minimum atomic E-state index is -0.856. The fourth-order valence-corrected chi connectivity index (χ4v) is 3.79. The molecule has 0 atom stereocenters. The lowest BCUT2D eigenvalue weighted by Crippen LogP contribution is -2.30. The van der Waals surface area contributed by atoms with Crippen molar-refractivity contribution in [3.05, 3.63) is 82.4 Å². The van der Waals surface area contributed by atoms with Gasteiger partial charge >= 0.3 is 11.9 Å². The molecule has 0 radical (unpaired) electrons. The van der Waals surface area contributed by atoms with E-state index in [1.54, 1.807) is 40.1 Å². The molecular formula is C29H30N4O5. The summed E-state index contributed by atoms with van der Waals surface area (Å²) in [5.74, 6) is -1.38. The van der Waals surface area contributed by atoms with Gasteiger partial charge in [-0.2, -0.15) is 5.10 Å². The Labute approximate surface area is 220 Å². The Kier molecular flexibility index (Phi) is 7.57. The van der Waals surface area contributed by atoms with E-state index in [2.05, 4.69) is 15.4 Å². The number of benzene rings is 2. The number of pyridine rings is 1. The summed E-state index contributed by atoms with van der Waals surface area (Å²) >= 11 is 0. The van der Waals surface area contributed by atoms with Gasteiger partial charge in [-0.25, -0.2) is 9.48 Å². The summed E-state index contributed by atoms with van der Waals surface area (Å²) in [4.78, 5) is 43.5. The van der Waals surface area contributed by atoms with E-state index in [4.69, 9.17) is 9.47 Å². The molecule has 0 aliphatic carbocycles. The molecule has 0 unspecified atom stereocenters. The highest BCUT2D eigenvalue weighted by molar-refractivity contribution is 6.04. The number of aryl methyl sites for hydroxylation is 2. The minimum Gasteiger partial charge on any atom is -0.427 e. The summed E-state index contributed by atoms with van der Waals surface area (Å²) in [6.07, 6.45) is 3.30. The molecule has 1 N–H and O–H groups in total. The van der Waals surface area contributed by atoms with Crippen LogP contribution in [0.1, 0.15) is 43.6 Å². The Morgan fingerprint density at radius 1 is 1.00 bits per heavy atom. The van der Waals surface area contributed by atoms with Crippen LogP contribution in [0.25, 0.3) is 22.0 Å². The van der Waals surface area contributed by atoms with Crippen LogP contribution in [0.15, 0.2) is 65.7 Å². The topological polar surface area (TPSA) is 112 Å². The summed E-state index contributed by atoms with van der Waals surface area (Å²) in [6.45, 7) is 8.50. The van der Waals surface area contributed by atoms with Crippen LogP contribution in [0.3, 0.4) is 0 Å². The molecule has 38 heavy (non-hydrogen) atoms. The van der Waals surface area contributed by atoms with E-state index < -0.39 is 29.7 Å². The van der Waals surface area contributed by atoms with Crippen molar-refractivity contribution in [2.45, 2.75) is 41.2 Å². The predicted molar refractivity (Wildman–Crippen MR) is 145 cm³/mol. The predicted octanol–water partition coefficient (Wildman–Crippen LogP) is 5.23. The number of carbonyl (C=O) groups excluding carboxylic acids is 2. The second kappa shape index (κ2) is 10.8. The normalized spacial score (nSPS) is 11.3. The first kappa shape index (κ1) is 26.5. The fourth-order valence-electron chi connectivity index (χ4n) is 3.79. The van der Waals surface area contributed by atoms with Gasteiger partial charge in [0.05, 0.1) is 17.3 Å². The quantitative estimate of drug-likeness (QED) is 0.263. The van der Waals surface area contributed by atoms with Crippen LogP contribution in [-0.4, -0.2) is 33.5 Å². The van der Waals surface area contributed by atoms with Crippen LogP contribution < -0.4 is 10.9 Å². The standard InChI is InChI=1S/C29H30N4O5/c1-6-33-26(34)25(31-22-16-30-15-20-9-7-8-10-21(20)22)23(24(32-33)19-13-11-18(2)12-14-19)27(35)37-17-38-28(36)29(3,4)5/h7-16,31H,6,17H2,1-5H3. The number of nitrogens with one attached hydrogen (secondary N) is 1. The maximum Gasteiger partial charge on any atom is 0.345 e. The van der Waals surface area contributed by atoms with Crippen LogP contribution in [0, 0.1) is 12.3 Å². The zero-order valence-electron chi connectivity index (χ0n) is 22.1. The van der Waals surface area contributed by atoms with E-state index in [9.17, 15) is 14.4 Å². The first-order chi connectivity index (χ1) is 18.1. The number of aromatic nitrogens is 3. The van der Waals surface area contributed by atoms with E-state index in [1.807, 2.05) is 55.5 Å². The second-order valence-electron chi connectivity index (χ2n) is 9.85. The average molecular weight is 515 g/mol. The first-order valence-electron chi connectivity index (χ1n) is 12.3. The van der Waals surface area contributed by atoms with Crippen molar-refractivity contribution in [3.63, 3.8) is 0 Å². The van der Waals surface area contributed by atoms with Gasteiger partial charge in [-0.15, -0.1) is 0 Å². The maximum atomic E-state index is 13.5. The van der Waals surface area contributed by atoms with Crippen molar-refractivity contribution in [1.29, 1.82) is 0 Å². The van der Waals surface area contributed by atoms with E-state index >= 15 is 0 Å². The molecule has 0 amide bonds. The minimum absolute atomic E-state index is 0.0114. The van der Waals surface area contributed by atoms with Crippen LogP contribution in [0.2, 0.25) is 0 Å². The number of fused-ring (bicyclic) bond motifs is 1. The third kappa shape index (κ3) is 5.56. The molecule has 0 fully saturated rings. The average Bonchev–Trinajstić information content (AvgIpc) is 2.89. The van der Waals surface area contributed by atoms with Crippen LogP contribution in [0.5, 0.6) is 0 Å². The van der Waals surface area contributed by atoms with E-state index in [0.717, 1.165) is 16.3 Å². The Hall–Kier alpha value is -4.53. The molecule has 0 saturated heterocycles. The van der Waals surface area contributed by atoms with Crippen molar-refractivity contribution in [2.24, 2.45) is 5.41 Å². The van der Waals surface area contributed by atoms with Gasteiger partial charge in [0.1, 0.15) is 16.9 Å². The SMILES string of the molecule is CCn1nc(-c2ccc(C)cc2)c(C(=O)OCOC(=O)C(C)(C)C)c(Nc2cncc3ccccc23)c1=O. The molecule has 0 aliphatic rings. The van der Waals surface area contributed by atoms with Crippen LogP contribution in [-0.2, 0) is 20.8 Å². The highest BCUT2D eigenvalue weighted by atomic mass is 16.7. The number of hydrogen-bond donors (Lipinski definition) is 1. The Bertz CT molecular complexity index is 1550. The smallest absolute Gasteiger partial charge is 0.345 e. The molecule has 196 valence electrons. The van der Waals surface area contributed by atoms with Crippen LogP contribution >= 0.6 is 0 Å². The third-order valence-corrected chi connectivity index (χ3v) is 5.90. The van der Waals surface area contributed by atoms with E-state index in [0.29, 0.717) is 11.3 Å². The Morgan fingerprint density at radius 2 is 1.71 bits per heavy atom. The summed E-state index contributed by atoms with van der Waals surface area (Å²) in [5, 5.41) is 9.32. The number of hydrogen-bond acceptors (Lipinski definition) is 8. The highest BCUT2D eigenvalue weighted by Gasteiger charge is 2.28. The molecule has 0 aliphatic heterocycles. The molecular weight excluding hydrogens is 484 g/mol. The Morgan fingerprint density at radius 3 is 2.39 bits per heavy atom. The van der Waals surface area contributed by atoms with Crippen molar-refractivity contribution in [1.82, 2.24) is 14.8 Å². The van der Waals surface area contributed by atoms with Gasteiger partial charge in [0, 0.05) is 29.1 Å². The number of nitrogens with zero attached hydrogens (tertiary/aromatic N) is 3. The van der Waals surface area contributed by atoms with Gasteiger partial charge in [-0.05, 0) is 34.6 Å². The lowest BCUT2D eigenvalue weighted by Gasteiger charge is -2.19. The molecule has 9 nitrogen and oxygen atoms in total. The fraction of sp³-hybridized carbons (Fsp3) is 0.276. The molecule has 4 aromatic rings. The zero-order chi connectivity index (χ0) is 27.4. The molecule has 0 spiro atoms. The lowest BCUT2D eigenvalue weighted by molar-refractivity contribution is -0.161. The Balaban J connectivity index is 1.85. The lowest BCUT2D eigenvalue weighted by atomic mass is 9.98. The van der Waals surface area contributed by atoms with Crippen LogP contribution in [0.4, 0.5) is 11.4 Å². The van der Waals surface area contributed by atoms with Gasteiger partial charge < -0.3 is 14.8 Å². The highest BCUT2D eigenvalue weighted by Crippen LogP contribution is 2.30. The molecule has 2 aromatic heterocycles. The summed E-state index contributed by atoms with van der Waals surface area (Å²) in [7, 11) is 0.